The number of amides is 1. The predicted octanol–water partition coefficient (Wildman–Crippen LogP) is 4.42. The van der Waals surface area contributed by atoms with Gasteiger partial charge in [0.25, 0.3) is 0 Å². The van der Waals surface area contributed by atoms with E-state index in [1.165, 1.54) is 17.7 Å². The Bertz CT molecular complexity index is 781. The largest absolute Gasteiger partial charge is 0.373 e. The zero-order valence-electron chi connectivity index (χ0n) is 14.8. The quantitative estimate of drug-likeness (QED) is 0.884. The molecule has 0 radical (unpaired) electrons. The van der Waals surface area contributed by atoms with Crippen LogP contribution in [0.3, 0.4) is 0 Å². The van der Waals surface area contributed by atoms with Crippen molar-refractivity contribution in [2.45, 2.75) is 50.2 Å². The molecule has 1 N–H and O–H groups in total. The van der Waals surface area contributed by atoms with Crippen LogP contribution in [0.15, 0.2) is 48.5 Å². The van der Waals surface area contributed by atoms with Gasteiger partial charge >= 0.3 is 0 Å². The second-order valence-corrected chi connectivity index (χ2v) is 7.36. The topological polar surface area (TPSA) is 38.3 Å². The Morgan fingerprint density at radius 3 is 2.62 bits per heavy atom. The van der Waals surface area contributed by atoms with Gasteiger partial charge < -0.3 is 10.1 Å². The van der Waals surface area contributed by atoms with E-state index in [1.807, 2.05) is 12.1 Å². The average molecular weight is 353 g/mol. The summed E-state index contributed by atoms with van der Waals surface area (Å²) in [5, 5.41) is 3.26. The molecule has 1 aliphatic carbocycles. The lowest BCUT2D eigenvalue weighted by Gasteiger charge is -2.32. The Hall–Kier alpha value is -2.20. The first-order chi connectivity index (χ1) is 12.7. The molecule has 0 saturated heterocycles. The van der Waals surface area contributed by atoms with Crippen LogP contribution >= 0.6 is 0 Å². The third-order valence-corrected chi connectivity index (χ3v) is 5.70. The number of rotatable bonds is 4. The first kappa shape index (κ1) is 17.2. The van der Waals surface area contributed by atoms with E-state index in [-0.39, 0.29) is 23.4 Å². The van der Waals surface area contributed by atoms with Gasteiger partial charge in [-0.1, -0.05) is 49.2 Å². The van der Waals surface area contributed by atoms with Gasteiger partial charge in [0, 0.05) is 0 Å². The zero-order chi connectivity index (χ0) is 18.0. The van der Waals surface area contributed by atoms with Crippen molar-refractivity contribution in [3.05, 3.63) is 71.0 Å². The molecule has 3 nitrogen and oxygen atoms in total. The second-order valence-electron chi connectivity index (χ2n) is 7.36. The number of nitrogens with one attached hydrogen (secondary N) is 1. The van der Waals surface area contributed by atoms with Gasteiger partial charge in [-0.05, 0) is 48.1 Å². The molecule has 4 rings (SSSR count). The van der Waals surface area contributed by atoms with E-state index in [2.05, 4.69) is 17.4 Å². The molecule has 1 heterocycles. The Morgan fingerprint density at radius 2 is 1.85 bits per heavy atom. The molecule has 1 fully saturated rings. The lowest BCUT2D eigenvalue weighted by Crippen LogP contribution is -2.44. The fourth-order valence-corrected chi connectivity index (χ4v) is 4.37. The number of carbonyl (C=O) groups is 1. The van der Waals surface area contributed by atoms with Crippen LogP contribution in [-0.2, 0) is 21.5 Å². The van der Waals surface area contributed by atoms with Crippen LogP contribution in [0, 0.1) is 5.82 Å². The normalized spacial score (nSPS) is 21.2. The molecular weight excluding hydrogens is 329 g/mol. The molecule has 4 heteroatoms. The molecule has 1 saturated carbocycles. The molecule has 1 unspecified atom stereocenters. The number of benzene rings is 2. The molecule has 26 heavy (non-hydrogen) atoms. The third kappa shape index (κ3) is 3.38. The Labute approximate surface area is 153 Å². The first-order valence-corrected chi connectivity index (χ1v) is 9.43. The predicted molar refractivity (Wildman–Crippen MR) is 98.1 cm³/mol. The van der Waals surface area contributed by atoms with Crippen LogP contribution in [0.5, 0.6) is 0 Å². The maximum atomic E-state index is 13.3. The van der Waals surface area contributed by atoms with E-state index in [4.69, 9.17) is 4.74 Å². The summed E-state index contributed by atoms with van der Waals surface area (Å²) >= 11 is 0. The van der Waals surface area contributed by atoms with Crippen molar-refractivity contribution >= 4 is 5.91 Å². The van der Waals surface area contributed by atoms with Gasteiger partial charge in [0.1, 0.15) is 5.82 Å². The summed E-state index contributed by atoms with van der Waals surface area (Å²) in [6.45, 7) is 0.651. The number of fused-ring (bicyclic) bond motifs is 1. The van der Waals surface area contributed by atoms with Crippen molar-refractivity contribution < 1.29 is 13.9 Å². The van der Waals surface area contributed by atoms with Crippen molar-refractivity contribution in [3.63, 3.8) is 0 Å². The Balaban J connectivity index is 1.51. The maximum absolute atomic E-state index is 13.3. The highest BCUT2D eigenvalue weighted by atomic mass is 19.1. The monoisotopic (exact) mass is 353 g/mol. The Morgan fingerprint density at radius 1 is 1.12 bits per heavy atom. The summed E-state index contributed by atoms with van der Waals surface area (Å²) in [4.78, 5) is 12.9. The van der Waals surface area contributed by atoms with Crippen molar-refractivity contribution in [2.75, 3.05) is 6.61 Å². The van der Waals surface area contributed by atoms with E-state index < -0.39 is 0 Å². The van der Waals surface area contributed by atoms with Crippen LogP contribution in [0.25, 0.3) is 0 Å². The van der Waals surface area contributed by atoms with Gasteiger partial charge in [-0.3, -0.25) is 4.79 Å². The summed E-state index contributed by atoms with van der Waals surface area (Å²) in [6.07, 6.45) is 4.96. The van der Waals surface area contributed by atoms with Gasteiger partial charge in [-0.2, -0.15) is 0 Å². The summed E-state index contributed by atoms with van der Waals surface area (Å²) in [7, 11) is 0. The molecule has 2 aromatic carbocycles. The molecule has 136 valence electrons. The van der Waals surface area contributed by atoms with Crippen LogP contribution in [0.1, 0.15) is 54.9 Å². The van der Waals surface area contributed by atoms with Crippen molar-refractivity contribution in [1.82, 2.24) is 5.32 Å². The molecular formula is C22H24FNO2. The van der Waals surface area contributed by atoms with Crippen LogP contribution in [-0.4, -0.2) is 12.5 Å². The molecule has 0 bridgehead atoms. The van der Waals surface area contributed by atoms with Gasteiger partial charge in [0.15, 0.2) is 0 Å². The van der Waals surface area contributed by atoms with Gasteiger partial charge in [-0.15, -0.1) is 0 Å². The van der Waals surface area contributed by atoms with E-state index in [1.54, 1.807) is 12.1 Å². The minimum absolute atomic E-state index is 0.00192. The fourth-order valence-electron chi connectivity index (χ4n) is 4.37. The fraction of sp³-hybridized carbons (Fsp3) is 0.409. The van der Waals surface area contributed by atoms with E-state index in [9.17, 15) is 9.18 Å². The van der Waals surface area contributed by atoms with E-state index in [0.717, 1.165) is 43.2 Å². The number of hydrogen-bond donors (Lipinski definition) is 1. The highest BCUT2D eigenvalue weighted by Crippen LogP contribution is 2.39. The van der Waals surface area contributed by atoms with Crippen molar-refractivity contribution in [1.29, 1.82) is 0 Å². The first-order valence-electron chi connectivity index (χ1n) is 9.43. The third-order valence-electron chi connectivity index (χ3n) is 5.70. The van der Waals surface area contributed by atoms with E-state index in [0.29, 0.717) is 13.0 Å². The van der Waals surface area contributed by atoms with Gasteiger partial charge in [-0.25, -0.2) is 4.39 Å². The lowest BCUT2D eigenvalue weighted by molar-refractivity contribution is -0.126. The summed E-state index contributed by atoms with van der Waals surface area (Å²) in [5.41, 5.74) is 3.01. The lowest BCUT2D eigenvalue weighted by atomic mass is 9.87. The summed E-state index contributed by atoms with van der Waals surface area (Å²) in [5.74, 6) is -0.252. The summed E-state index contributed by atoms with van der Waals surface area (Å²) in [6, 6.07) is 14.7. The molecule has 0 spiro atoms. The van der Waals surface area contributed by atoms with Crippen LogP contribution in [0.2, 0.25) is 0 Å². The van der Waals surface area contributed by atoms with Gasteiger partial charge in [0.2, 0.25) is 5.91 Å². The number of ether oxygens (including phenoxy) is 1. The molecule has 1 atom stereocenters. The van der Waals surface area contributed by atoms with Crippen molar-refractivity contribution in [2.24, 2.45) is 0 Å². The number of hydrogen-bond acceptors (Lipinski definition) is 2. The molecule has 0 aromatic heterocycles. The number of carbonyl (C=O) groups excluding carboxylic acids is 1. The standard InChI is InChI=1S/C22H24FNO2/c23-18-9-7-17(8-10-18)22(12-3-4-13-22)24-21(25)15-20-19-6-2-1-5-16(19)11-14-26-20/h1-2,5-10,20H,3-4,11-15H2,(H,24,25). The Kier molecular flexibility index (Phi) is 4.77. The van der Waals surface area contributed by atoms with Gasteiger partial charge in [0.05, 0.1) is 24.7 Å². The SMILES string of the molecule is O=C(CC1OCCc2ccccc21)NC1(c2ccc(F)cc2)CCCC1. The average Bonchev–Trinajstić information content (AvgIpc) is 3.12. The van der Waals surface area contributed by atoms with Crippen molar-refractivity contribution in [3.8, 4) is 0 Å². The zero-order valence-corrected chi connectivity index (χ0v) is 14.8. The smallest absolute Gasteiger partial charge is 0.223 e. The minimum Gasteiger partial charge on any atom is -0.373 e. The molecule has 2 aliphatic rings. The second kappa shape index (κ2) is 7.20. The highest BCUT2D eigenvalue weighted by Gasteiger charge is 2.37. The highest BCUT2D eigenvalue weighted by molar-refractivity contribution is 5.78. The molecule has 1 amide bonds. The molecule has 1 aliphatic heterocycles. The number of halogens is 1. The molecule has 2 aromatic rings. The minimum atomic E-state index is -0.376. The van der Waals surface area contributed by atoms with Crippen LogP contribution in [0.4, 0.5) is 4.39 Å². The van der Waals surface area contributed by atoms with Crippen LogP contribution < -0.4 is 5.32 Å². The van der Waals surface area contributed by atoms with E-state index >= 15 is 0 Å². The summed E-state index contributed by atoms with van der Waals surface area (Å²) < 4.78 is 19.2. The maximum Gasteiger partial charge on any atom is 0.223 e.